The van der Waals surface area contributed by atoms with Gasteiger partial charge < -0.3 is 15.0 Å². The zero-order chi connectivity index (χ0) is 20.9. The Morgan fingerprint density at radius 1 is 1.27 bits per heavy atom. The highest BCUT2D eigenvalue weighted by atomic mass is 32.2. The Bertz CT molecular complexity index is 972. The molecule has 1 N–H and O–H groups in total. The second kappa shape index (κ2) is 9.59. The van der Waals surface area contributed by atoms with Crippen LogP contribution in [0.2, 0.25) is 0 Å². The molecule has 1 aromatic carbocycles. The lowest BCUT2D eigenvalue weighted by Gasteiger charge is -2.27. The van der Waals surface area contributed by atoms with E-state index >= 15 is 0 Å². The Morgan fingerprint density at radius 3 is 2.73 bits per heavy atom. The first-order valence-electron chi connectivity index (χ1n) is 9.55. The molecule has 0 spiro atoms. The predicted molar refractivity (Wildman–Crippen MR) is 115 cm³/mol. The Labute approximate surface area is 182 Å². The Balaban J connectivity index is 1.41. The maximum absolute atomic E-state index is 13.3. The van der Waals surface area contributed by atoms with Crippen molar-refractivity contribution in [1.82, 2.24) is 20.1 Å². The van der Waals surface area contributed by atoms with Crippen LogP contribution in [0.4, 0.5) is 10.3 Å². The van der Waals surface area contributed by atoms with Crippen molar-refractivity contribution >= 4 is 35.0 Å². The van der Waals surface area contributed by atoms with Gasteiger partial charge in [0.1, 0.15) is 5.82 Å². The summed E-state index contributed by atoms with van der Waals surface area (Å²) in [5, 5.41) is 14.2. The zero-order valence-electron chi connectivity index (χ0n) is 16.5. The average Bonchev–Trinajstić information content (AvgIpc) is 3.42. The molecule has 0 saturated carbocycles. The van der Waals surface area contributed by atoms with Gasteiger partial charge in [0.25, 0.3) is 0 Å². The van der Waals surface area contributed by atoms with Gasteiger partial charge in [0.05, 0.1) is 25.0 Å². The first-order valence-corrected chi connectivity index (χ1v) is 11.4. The lowest BCUT2D eigenvalue weighted by atomic mass is 10.1. The van der Waals surface area contributed by atoms with Gasteiger partial charge in [0.15, 0.2) is 5.16 Å². The SMILES string of the molecule is Cn1c(SCC(=O)NC(c2ccc(F)cc2)c2cccs2)nnc1N1CCOCC1. The smallest absolute Gasteiger partial charge is 0.231 e. The van der Waals surface area contributed by atoms with Crippen LogP contribution in [0, 0.1) is 5.82 Å². The van der Waals surface area contributed by atoms with Gasteiger partial charge in [-0.15, -0.1) is 21.5 Å². The highest BCUT2D eigenvalue weighted by molar-refractivity contribution is 7.99. The summed E-state index contributed by atoms with van der Waals surface area (Å²) in [6.45, 7) is 2.89. The number of carbonyl (C=O) groups excluding carboxylic acids is 1. The van der Waals surface area contributed by atoms with Crippen molar-refractivity contribution in [3.8, 4) is 0 Å². The van der Waals surface area contributed by atoms with Crippen LogP contribution in [0.5, 0.6) is 0 Å². The molecule has 1 unspecified atom stereocenters. The molecule has 1 aliphatic heterocycles. The number of hydrogen-bond acceptors (Lipinski definition) is 7. The number of halogens is 1. The highest BCUT2D eigenvalue weighted by Gasteiger charge is 2.21. The van der Waals surface area contributed by atoms with Crippen molar-refractivity contribution in [2.45, 2.75) is 11.2 Å². The van der Waals surface area contributed by atoms with Crippen LogP contribution in [0.25, 0.3) is 0 Å². The van der Waals surface area contributed by atoms with Crippen molar-refractivity contribution in [2.24, 2.45) is 7.05 Å². The number of thioether (sulfide) groups is 1. The molecule has 1 saturated heterocycles. The van der Waals surface area contributed by atoms with E-state index in [9.17, 15) is 9.18 Å². The van der Waals surface area contributed by atoms with Crippen molar-refractivity contribution in [3.05, 3.63) is 58.0 Å². The zero-order valence-corrected chi connectivity index (χ0v) is 18.1. The minimum atomic E-state index is -0.317. The quantitative estimate of drug-likeness (QED) is 0.562. The monoisotopic (exact) mass is 447 g/mol. The summed E-state index contributed by atoms with van der Waals surface area (Å²) in [5.41, 5.74) is 0.838. The molecule has 0 radical (unpaired) electrons. The van der Waals surface area contributed by atoms with Crippen molar-refractivity contribution in [1.29, 1.82) is 0 Å². The van der Waals surface area contributed by atoms with Gasteiger partial charge in [0, 0.05) is 25.0 Å². The Kier molecular flexibility index (Phi) is 6.66. The largest absolute Gasteiger partial charge is 0.378 e. The van der Waals surface area contributed by atoms with E-state index in [0.717, 1.165) is 29.5 Å². The van der Waals surface area contributed by atoms with Crippen molar-refractivity contribution in [3.63, 3.8) is 0 Å². The van der Waals surface area contributed by atoms with Gasteiger partial charge in [-0.2, -0.15) is 0 Å². The summed E-state index contributed by atoms with van der Waals surface area (Å²) >= 11 is 2.89. The molecule has 1 atom stereocenters. The van der Waals surface area contributed by atoms with E-state index in [-0.39, 0.29) is 23.5 Å². The topological polar surface area (TPSA) is 72.3 Å². The van der Waals surface area contributed by atoms with Crippen molar-refractivity contribution in [2.75, 3.05) is 37.0 Å². The van der Waals surface area contributed by atoms with Gasteiger partial charge >= 0.3 is 0 Å². The normalized spacial score (nSPS) is 15.2. The molecule has 0 aliphatic carbocycles. The summed E-state index contributed by atoms with van der Waals surface area (Å²) in [6, 6.07) is 9.79. The van der Waals surface area contributed by atoms with E-state index in [0.29, 0.717) is 18.4 Å². The number of thiophene rings is 1. The molecule has 0 bridgehead atoms. The lowest BCUT2D eigenvalue weighted by molar-refractivity contribution is -0.119. The second-order valence-electron chi connectivity index (χ2n) is 6.80. The summed E-state index contributed by atoms with van der Waals surface area (Å²) in [5.74, 6) is 0.560. The first kappa shape index (κ1) is 20.8. The van der Waals surface area contributed by atoms with E-state index in [1.165, 1.54) is 23.9 Å². The Hall–Kier alpha value is -2.43. The van der Waals surface area contributed by atoms with E-state index in [4.69, 9.17) is 4.74 Å². The highest BCUT2D eigenvalue weighted by Crippen LogP contribution is 2.27. The molecule has 10 heteroatoms. The summed E-state index contributed by atoms with van der Waals surface area (Å²) < 4.78 is 20.6. The first-order chi connectivity index (χ1) is 14.6. The molecular formula is C20H22FN5O2S2. The van der Waals surface area contributed by atoms with E-state index in [1.807, 2.05) is 29.1 Å². The molecule has 7 nitrogen and oxygen atoms in total. The number of carbonyl (C=O) groups is 1. The van der Waals surface area contributed by atoms with E-state index in [1.54, 1.807) is 23.5 Å². The molecule has 3 aromatic rings. The number of amides is 1. The van der Waals surface area contributed by atoms with Crippen LogP contribution in [0.1, 0.15) is 16.5 Å². The van der Waals surface area contributed by atoms with E-state index in [2.05, 4.69) is 20.4 Å². The molecule has 3 heterocycles. The number of morpholine rings is 1. The minimum absolute atomic E-state index is 0.126. The molecule has 30 heavy (non-hydrogen) atoms. The summed E-state index contributed by atoms with van der Waals surface area (Å²) in [6.07, 6.45) is 0. The van der Waals surface area contributed by atoms with Gasteiger partial charge in [-0.25, -0.2) is 4.39 Å². The third-order valence-corrected chi connectivity index (χ3v) is 6.73. The van der Waals surface area contributed by atoms with Crippen LogP contribution in [-0.2, 0) is 16.6 Å². The summed E-state index contributed by atoms with van der Waals surface area (Å²) in [4.78, 5) is 15.8. The van der Waals surface area contributed by atoms with Crippen LogP contribution < -0.4 is 10.2 Å². The number of hydrogen-bond donors (Lipinski definition) is 1. The lowest BCUT2D eigenvalue weighted by Crippen LogP contribution is -2.37. The maximum atomic E-state index is 13.3. The number of ether oxygens (including phenoxy) is 1. The number of aromatic nitrogens is 3. The molecule has 4 rings (SSSR count). The fourth-order valence-electron chi connectivity index (χ4n) is 3.23. The third-order valence-electron chi connectivity index (χ3n) is 4.77. The number of nitrogens with one attached hydrogen (secondary N) is 1. The van der Waals surface area contributed by atoms with Crippen molar-refractivity contribution < 1.29 is 13.9 Å². The summed E-state index contributed by atoms with van der Waals surface area (Å²) in [7, 11) is 1.90. The van der Waals surface area contributed by atoms with Crippen LogP contribution >= 0.6 is 23.1 Å². The number of benzene rings is 1. The Morgan fingerprint density at radius 2 is 2.03 bits per heavy atom. The molecular weight excluding hydrogens is 425 g/mol. The minimum Gasteiger partial charge on any atom is -0.378 e. The van der Waals surface area contributed by atoms with Crippen LogP contribution in [0.3, 0.4) is 0 Å². The van der Waals surface area contributed by atoms with Crippen LogP contribution in [0.15, 0.2) is 46.9 Å². The fraction of sp³-hybridized carbons (Fsp3) is 0.350. The van der Waals surface area contributed by atoms with Gasteiger partial charge in [-0.1, -0.05) is 30.0 Å². The third kappa shape index (κ3) is 4.82. The standard InChI is InChI=1S/C20H22FN5O2S2/c1-25-19(26-8-10-28-11-9-26)23-24-20(25)30-13-17(27)22-18(16-3-2-12-29-16)14-4-6-15(21)7-5-14/h2-7,12,18H,8-11,13H2,1H3,(H,22,27). The molecule has 1 aliphatic rings. The van der Waals surface area contributed by atoms with E-state index < -0.39 is 0 Å². The maximum Gasteiger partial charge on any atom is 0.231 e. The molecule has 1 amide bonds. The number of nitrogens with zero attached hydrogens (tertiary/aromatic N) is 4. The second-order valence-corrected chi connectivity index (χ2v) is 8.72. The number of anilines is 1. The average molecular weight is 448 g/mol. The van der Waals surface area contributed by atoms with Crippen LogP contribution in [-0.4, -0.2) is 52.7 Å². The van der Waals surface area contributed by atoms with Gasteiger partial charge in [-0.05, 0) is 29.1 Å². The fourth-order valence-corrected chi connectivity index (χ4v) is 4.75. The van der Waals surface area contributed by atoms with Gasteiger partial charge in [-0.3, -0.25) is 9.36 Å². The molecule has 158 valence electrons. The van der Waals surface area contributed by atoms with Gasteiger partial charge in [0.2, 0.25) is 11.9 Å². The number of rotatable bonds is 7. The molecule has 1 fully saturated rings. The molecule has 2 aromatic heterocycles. The predicted octanol–water partition coefficient (Wildman–Crippen LogP) is 2.85.